The van der Waals surface area contributed by atoms with E-state index in [-0.39, 0.29) is 0 Å². The van der Waals surface area contributed by atoms with Gasteiger partial charge in [0.15, 0.2) is 0 Å². The molecule has 0 amide bonds. The van der Waals surface area contributed by atoms with Gasteiger partial charge in [0.05, 0.1) is 16.4 Å². The summed E-state index contributed by atoms with van der Waals surface area (Å²) in [6.45, 7) is 0. The first-order chi connectivity index (χ1) is 5.75. The quantitative estimate of drug-likeness (QED) is 0.784. The molecule has 0 atom stereocenters. The molecule has 0 saturated carbocycles. The fourth-order valence-corrected chi connectivity index (χ4v) is 1.61. The van der Waals surface area contributed by atoms with Gasteiger partial charge in [0.25, 0.3) is 0 Å². The van der Waals surface area contributed by atoms with E-state index in [0.717, 1.165) is 21.9 Å². The van der Waals surface area contributed by atoms with Crippen LogP contribution < -0.4 is 0 Å². The van der Waals surface area contributed by atoms with Gasteiger partial charge in [0.1, 0.15) is 0 Å². The van der Waals surface area contributed by atoms with E-state index in [1.165, 1.54) is 0 Å². The Balaban J connectivity index is 2.73. The molecule has 0 aromatic carbocycles. The van der Waals surface area contributed by atoms with E-state index >= 15 is 0 Å². The van der Waals surface area contributed by atoms with Crippen molar-refractivity contribution < 1.29 is 0 Å². The molecule has 2 nitrogen and oxygen atoms in total. The van der Waals surface area contributed by atoms with Crippen LogP contribution in [0.3, 0.4) is 0 Å². The standard InChI is InChI=1S/C8H10Br2N2/c1-12-8(4-2-3-5-9)7(10)6-11-12/h2,4,6H,3,5H2,1H3/b4-2+. The molecule has 0 fully saturated rings. The Hall–Kier alpha value is -0.0900. The Morgan fingerprint density at radius 3 is 2.92 bits per heavy atom. The number of alkyl halides is 1. The van der Waals surface area contributed by atoms with Gasteiger partial charge >= 0.3 is 0 Å². The van der Waals surface area contributed by atoms with Crippen LogP contribution in [0.15, 0.2) is 16.7 Å². The van der Waals surface area contributed by atoms with Crippen molar-refractivity contribution in [3.63, 3.8) is 0 Å². The van der Waals surface area contributed by atoms with E-state index in [1.54, 1.807) is 6.20 Å². The van der Waals surface area contributed by atoms with Gasteiger partial charge in [-0.2, -0.15) is 5.10 Å². The summed E-state index contributed by atoms with van der Waals surface area (Å²) in [5.74, 6) is 0. The summed E-state index contributed by atoms with van der Waals surface area (Å²) in [6.07, 6.45) is 7.03. The largest absolute Gasteiger partial charge is 0.267 e. The van der Waals surface area contributed by atoms with Crippen LogP contribution in [0.1, 0.15) is 12.1 Å². The second-order valence-electron chi connectivity index (χ2n) is 2.38. The van der Waals surface area contributed by atoms with Crippen molar-refractivity contribution in [3.05, 3.63) is 22.4 Å². The Kier molecular flexibility index (Phi) is 4.01. The molecular formula is C8H10Br2N2. The Morgan fingerprint density at radius 1 is 1.67 bits per heavy atom. The molecule has 1 rings (SSSR count). The van der Waals surface area contributed by atoms with Gasteiger partial charge in [-0.05, 0) is 28.4 Å². The van der Waals surface area contributed by atoms with Crippen molar-refractivity contribution in [2.45, 2.75) is 6.42 Å². The predicted octanol–water partition coefficient (Wildman–Crippen LogP) is 2.98. The molecule has 0 aliphatic heterocycles. The summed E-state index contributed by atoms with van der Waals surface area (Å²) in [5, 5.41) is 5.10. The molecule has 1 heterocycles. The van der Waals surface area contributed by atoms with Crippen LogP contribution in [-0.2, 0) is 7.05 Å². The number of allylic oxidation sites excluding steroid dienone is 1. The van der Waals surface area contributed by atoms with E-state index in [2.05, 4.69) is 49.1 Å². The lowest BCUT2D eigenvalue weighted by Crippen LogP contribution is -1.92. The molecule has 1 aromatic heterocycles. The number of aromatic nitrogens is 2. The number of rotatable bonds is 3. The number of nitrogens with zero attached hydrogens (tertiary/aromatic N) is 2. The van der Waals surface area contributed by atoms with Crippen LogP contribution >= 0.6 is 31.9 Å². The predicted molar refractivity (Wildman–Crippen MR) is 58.4 cm³/mol. The van der Waals surface area contributed by atoms with Crippen LogP contribution in [0.5, 0.6) is 0 Å². The molecule has 0 saturated heterocycles. The zero-order chi connectivity index (χ0) is 8.97. The van der Waals surface area contributed by atoms with Crippen molar-refractivity contribution in [3.8, 4) is 0 Å². The first-order valence-corrected chi connectivity index (χ1v) is 5.57. The van der Waals surface area contributed by atoms with Crippen molar-refractivity contribution in [2.24, 2.45) is 7.05 Å². The lowest BCUT2D eigenvalue weighted by Gasteiger charge is -1.94. The monoisotopic (exact) mass is 292 g/mol. The van der Waals surface area contributed by atoms with Crippen LogP contribution in [-0.4, -0.2) is 15.1 Å². The zero-order valence-electron chi connectivity index (χ0n) is 6.80. The van der Waals surface area contributed by atoms with E-state index < -0.39 is 0 Å². The first kappa shape index (κ1) is 9.99. The second kappa shape index (κ2) is 4.82. The van der Waals surface area contributed by atoms with Gasteiger partial charge in [-0.1, -0.05) is 22.0 Å². The highest BCUT2D eigenvalue weighted by atomic mass is 79.9. The maximum Gasteiger partial charge on any atom is 0.0745 e. The minimum atomic E-state index is 0.999. The first-order valence-electron chi connectivity index (χ1n) is 3.65. The maximum absolute atomic E-state index is 4.10. The number of hydrogen-bond acceptors (Lipinski definition) is 1. The van der Waals surface area contributed by atoms with E-state index in [4.69, 9.17) is 0 Å². The Morgan fingerprint density at radius 2 is 2.42 bits per heavy atom. The Labute approximate surface area is 88.9 Å². The number of hydrogen-bond donors (Lipinski definition) is 0. The zero-order valence-corrected chi connectivity index (χ0v) is 9.97. The topological polar surface area (TPSA) is 17.8 Å². The highest BCUT2D eigenvalue weighted by Gasteiger charge is 1.99. The highest BCUT2D eigenvalue weighted by molar-refractivity contribution is 9.10. The molecule has 0 bridgehead atoms. The molecule has 12 heavy (non-hydrogen) atoms. The van der Waals surface area contributed by atoms with E-state index in [9.17, 15) is 0 Å². The summed E-state index contributed by atoms with van der Waals surface area (Å²) < 4.78 is 2.88. The molecule has 4 heteroatoms. The summed E-state index contributed by atoms with van der Waals surface area (Å²) in [6, 6.07) is 0. The third-order valence-electron chi connectivity index (χ3n) is 1.49. The average Bonchev–Trinajstić information content (AvgIpc) is 2.35. The van der Waals surface area contributed by atoms with Gasteiger partial charge in [-0.25, -0.2) is 0 Å². The molecule has 66 valence electrons. The minimum absolute atomic E-state index is 0.999. The van der Waals surface area contributed by atoms with Crippen molar-refractivity contribution in [2.75, 3.05) is 5.33 Å². The van der Waals surface area contributed by atoms with E-state index in [0.29, 0.717) is 0 Å². The van der Waals surface area contributed by atoms with Gasteiger partial charge in [-0.3, -0.25) is 4.68 Å². The molecule has 1 aromatic rings. The molecule has 0 radical (unpaired) electrons. The number of aryl methyl sites for hydroxylation is 1. The van der Waals surface area contributed by atoms with Crippen LogP contribution in [0.4, 0.5) is 0 Å². The van der Waals surface area contributed by atoms with Gasteiger partial charge in [0.2, 0.25) is 0 Å². The summed E-state index contributed by atoms with van der Waals surface area (Å²) >= 11 is 6.79. The third-order valence-corrected chi connectivity index (χ3v) is 2.56. The normalized spacial score (nSPS) is 11.2. The second-order valence-corrected chi connectivity index (χ2v) is 4.03. The molecule has 0 unspecified atom stereocenters. The highest BCUT2D eigenvalue weighted by Crippen LogP contribution is 2.16. The van der Waals surface area contributed by atoms with Gasteiger partial charge in [0, 0.05) is 12.4 Å². The minimum Gasteiger partial charge on any atom is -0.267 e. The van der Waals surface area contributed by atoms with Crippen molar-refractivity contribution in [1.82, 2.24) is 9.78 Å². The Bertz CT molecular complexity index is 259. The van der Waals surface area contributed by atoms with Gasteiger partial charge < -0.3 is 0 Å². The van der Waals surface area contributed by atoms with Crippen LogP contribution in [0, 0.1) is 0 Å². The van der Waals surface area contributed by atoms with Crippen molar-refractivity contribution in [1.29, 1.82) is 0 Å². The fraction of sp³-hybridized carbons (Fsp3) is 0.375. The lowest BCUT2D eigenvalue weighted by atomic mass is 10.3. The molecule has 0 N–H and O–H groups in total. The SMILES string of the molecule is Cn1ncc(Br)c1/C=C/CCBr. The smallest absolute Gasteiger partial charge is 0.0745 e. The summed E-state index contributed by atoms with van der Waals surface area (Å²) in [7, 11) is 1.93. The van der Waals surface area contributed by atoms with E-state index in [1.807, 2.05) is 11.7 Å². The average molecular weight is 294 g/mol. The van der Waals surface area contributed by atoms with Crippen LogP contribution in [0.2, 0.25) is 0 Å². The van der Waals surface area contributed by atoms with Crippen LogP contribution in [0.25, 0.3) is 6.08 Å². The molecule has 0 aliphatic carbocycles. The third kappa shape index (κ3) is 2.45. The molecule has 0 spiro atoms. The molecular weight excluding hydrogens is 284 g/mol. The molecule has 0 aliphatic rings. The number of halogens is 2. The van der Waals surface area contributed by atoms with Gasteiger partial charge in [-0.15, -0.1) is 0 Å². The summed E-state index contributed by atoms with van der Waals surface area (Å²) in [4.78, 5) is 0. The summed E-state index contributed by atoms with van der Waals surface area (Å²) in [5.41, 5.74) is 1.11. The van der Waals surface area contributed by atoms with Crippen molar-refractivity contribution >= 4 is 37.9 Å². The maximum atomic E-state index is 4.10. The fourth-order valence-electron chi connectivity index (χ4n) is 0.866. The lowest BCUT2D eigenvalue weighted by molar-refractivity contribution is 0.759.